The van der Waals surface area contributed by atoms with Gasteiger partial charge in [0, 0.05) is 30.9 Å². The van der Waals surface area contributed by atoms with Gasteiger partial charge in [0.25, 0.3) is 0 Å². The van der Waals surface area contributed by atoms with Gasteiger partial charge in [-0.1, -0.05) is 18.7 Å². The van der Waals surface area contributed by atoms with Gasteiger partial charge in [-0.3, -0.25) is 4.79 Å². The second-order valence-electron chi connectivity index (χ2n) is 6.29. The number of Topliss-reactive ketones (excluding diaryl/α,β-unsaturated/α-hetero) is 1. The Balaban J connectivity index is 1.72. The van der Waals surface area contributed by atoms with E-state index in [9.17, 15) is 4.79 Å². The van der Waals surface area contributed by atoms with Gasteiger partial charge in [0.2, 0.25) is 0 Å². The second-order valence-corrected chi connectivity index (χ2v) is 6.29. The zero-order valence-corrected chi connectivity index (χ0v) is 12.5. The number of hydrogen-bond acceptors (Lipinski definition) is 4. The predicted octanol–water partition coefficient (Wildman–Crippen LogP) is 1.62. The maximum Gasteiger partial charge on any atom is 0.189 e. The average Bonchev–Trinajstić information content (AvgIpc) is 2.99. The number of hydrogen-bond donors (Lipinski definition) is 0. The monoisotopic (exact) mass is 295 g/mol. The number of nitrogens with zero attached hydrogens (tertiary/aromatic N) is 3. The first-order valence-electron chi connectivity index (χ1n) is 7.36. The Hall–Kier alpha value is -2.27. The van der Waals surface area contributed by atoms with Crippen LogP contribution in [0.1, 0.15) is 27.3 Å². The van der Waals surface area contributed by atoms with Crippen molar-refractivity contribution in [3.05, 3.63) is 59.2 Å². The minimum absolute atomic E-state index is 0.0749. The number of aromatic nitrogens is 3. The van der Waals surface area contributed by atoms with E-state index in [1.165, 1.54) is 0 Å². The van der Waals surface area contributed by atoms with Crippen LogP contribution in [0.15, 0.2) is 36.7 Å². The predicted molar refractivity (Wildman–Crippen MR) is 80.8 cm³/mol. The van der Waals surface area contributed by atoms with Crippen LogP contribution in [0.25, 0.3) is 0 Å². The lowest BCUT2D eigenvalue weighted by Gasteiger charge is -2.42. The first kappa shape index (κ1) is 13.4. The molecular formula is C17H17N3O2. The number of carbonyl (C=O) groups excluding carboxylic acids is 1. The van der Waals surface area contributed by atoms with Gasteiger partial charge in [-0.2, -0.15) is 0 Å². The van der Waals surface area contributed by atoms with Gasteiger partial charge in [0.15, 0.2) is 5.78 Å². The van der Waals surface area contributed by atoms with Crippen LogP contribution >= 0.6 is 0 Å². The fraction of sp³-hybridized carbons (Fsp3) is 0.353. The molecule has 1 aliphatic heterocycles. The van der Waals surface area contributed by atoms with Crippen molar-refractivity contribution < 1.29 is 9.53 Å². The highest BCUT2D eigenvalue weighted by Gasteiger charge is 2.42. The van der Waals surface area contributed by atoms with Gasteiger partial charge in [-0.25, -0.2) is 0 Å². The van der Waals surface area contributed by atoms with Crippen LogP contribution in [0.4, 0.5) is 0 Å². The molecule has 2 aromatic rings. The lowest BCUT2D eigenvalue weighted by molar-refractivity contribution is -0.0611. The molecule has 1 aliphatic carbocycles. The molecule has 0 radical (unpaired) electrons. The molecule has 1 fully saturated rings. The number of benzene rings is 1. The lowest BCUT2D eigenvalue weighted by Crippen LogP contribution is -2.49. The quantitative estimate of drug-likeness (QED) is 0.807. The topological polar surface area (TPSA) is 57.0 Å². The molecule has 5 heteroatoms. The van der Waals surface area contributed by atoms with E-state index >= 15 is 0 Å². The summed E-state index contributed by atoms with van der Waals surface area (Å²) in [4.78, 5) is 12.2. The summed E-state index contributed by atoms with van der Waals surface area (Å²) >= 11 is 0. The Kier molecular flexibility index (Phi) is 2.81. The van der Waals surface area contributed by atoms with Crippen molar-refractivity contribution in [2.24, 2.45) is 7.05 Å². The van der Waals surface area contributed by atoms with Gasteiger partial charge in [-0.15, -0.1) is 10.2 Å². The van der Waals surface area contributed by atoms with Crippen LogP contribution in [0.2, 0.25) is 0 Å². The summed E-state index contributed by atoms with van der Waals surface area (Å²) in [6.45, 7) is 5.15. The first-order valence-corrected chi connectivity index (χ1v) is 7.36. The molecule has 0 bridgehead atoms. The van der Waals surface area contributed by atoms with Crippen molar-refractivity contribution in [2.45, 2.75) is 18.3 Å². The number of rotatable bonds is 3. The van der Waals surface area contributed by atoms with Crippen molar-refractivity contribution in [3.63, 3.8) is 0 Å². The lowest BCUT2D eigenvalue weighted by atomic mass is 9.75. The molecule has 2 heterocycles. The van der Waals surface area contributed by atoms with E-state index in [4.69, 9.17) is 4.74 Å². The van der Waals surface area contributed by atoms with E-state index < -0.39 is 0 Å². The van der Waals surface area contributed by atoms with Crippen LogP contribution in [0.5, 0.6) is 0 Å². The summed E-state index contributed by atoms with van der Waals surface area (Å²) in [5.74, 6) is 1.01. The summed E-state index contributed by atoms with van der Waals surface area (Å²) < 4.78 is 7.42. The summed E-state index contributed by atoms with van der Waals surface area (Å²) in [5, 5.41) is 8.13. The Bertz CT molecular complexity index is 787. The second kappa shape index (κ2) is 4.61. The van der Waals surface area contributed by atoms with E-state index in [1.807, 2.05) is 17.7 Å². The van der Waals surface area contributed by atoms with Crippen molar-refractivity contribution in [1.82, 2.24) is 14.8 Å². The van der Waals surface area contributed by atoms with Crippen LogP contribution in [-0.2, 0) is 30.0 Å². The van der Waals surface area contributed by atoms with Gasteiger partial charge >= 0.3 is 0 Å². The minimum atomic E-state index is -0.111. The van der Waals surface area contributed by atoms with Crippen molar-refractivity contribution in [3.8, 4) is 0 Å². The maximum atomic E-state index is 12.2. The van der Waals surface area contributed by atoms with Crippen molar-refractivity contribution >= 4 is 5.78 Å². The van der Waals surface area contributed by atoms with E-state index in [1.54, 1.807) is 6.33 Å². The van der Waals surface area contributed by atoms with Gasteiger partial charge in [-0.05, 0) is 22.8 Å². The highest BCUT2D eigenvalue weighted by Crippen LogP contribution is 2.38. The van der Waals surface area contributed by atoms with Crippen molar-refractivity contribution in [1.29, 1.82) is 0 Å². The maximum absolute atomic E-state index is 12.2. The average molecular weight is 295 g/mol. The number of aryl methyl sites for hydroxylation is 1. The zero-order chi connectivity index (χ0) is 15.3. The normalized spacial score (nSPS) is 19.1. The fourth-order valence-corrected chi connectivity index (χ4v) is 3.26. The number of ketones is 1. The minimum Gasteiger partial charge on any atom is -0.379 e. The van der Waals surface area contributed by atoms with Gasteiger partial charge in [0.1, 0.15) is 12.2 Å². The third-order valence-corrected chi connectivity index (χ3v) is 4.75. The summed E-state index contributed by atoms with van der Waals surface area (Å²) in [6, 6.07) is 6.19. The molecule has 1 aromatic heterocycles. The Morgan fingerprint density at radius 3 is 2.86 bits per heavy atom. The van der Waals surface area contributed by atoms with Crippen LogP contribution in [-0.4, -0.2) is 33.8 Å². The smallest absolute Gasteiger partial charge is 0.189 e. The molecule has 1 aromatic carbocycles. The van der Waals surface area contributed by atoms with Crippen molar-refractivity contribution in [2.75, 3.05) is 13.2 Å². The van der Waals surface area contributed by atoms with E-state index in [2.05, 4.69) is 28.9 Å². The molecular weight excluding hydrogens is 278 g/mol. The van der Waals surface area contributed by atoms with Gasteiger partial charge < -0.3 is 9.30 Å². The summed E-state index contributed by atoms with van der Waals surface area (Å²) in [7, 11) is 1.94. The Morgan fingerprint density at radius 1 is 1.41 bits per heavy atom. The fourth-order valence-electron chi connectivity index (χ4n) is 3.26. The van der Waals surface area contributed by atoms with Crippen LogP contribution in [0.3, 0.4) is 0 Å². The molecule has 4 rings (SSSR count). The first-order chi connectivity index (χ1) is 10.6. The summed E-state index contributed by atoms with van der Waals surface area (Å²) in [5.41, 5.74) is 3.59. The number of ether oxygens (including phenoxy) is 1. The number of fused-ring (bicyclic) bond motifs is 1. The standard InChI is InChI=1S/C17H17N3O2/c1-11-5-12-3-4-13(6-14(12)16(11)21)17(8-22-9-17)7-15-19-18-10-20(15)2/h3-4,6,10H,1,5,7-9H2,2H3. The molecule has 0 atom stereocenters. The van der Waals surface area contributed by atoms with Crippen LogP contribution in [0, 0.1) is 0 Å². The molecule has 2 aliphatic rings. The Morgan fingerprint density at radius 2 is 2.23 bits per heavy atom. The van der Waals surface area contributed by atoms with E-state index in [0.29, 0.717) is 25.2 Å². The van der Waals surface area contributed by atoms with Gasteiger partial charge in [0.05, 0.1) is 13.2 Å². The highest BCUT2D eigenvalue weighted by molar-refractivity contribution is 6.12. The SMILES string of the molecule is C=C1Cc2ccc(C3(Cc4nncn4C)COC3)cc2C1=O. The third kappa shape index (κ3) is 1.85. The summed E-state index contributed by atoms with van der Waals surface area (Å²) in [6.07, 6.45) is 3.14. The molecule has 112 valence electrons. The van der Waals surface area contributed by atoms with Crippen LogP contribution < -0.4 is 0 Å². The molecule has 0 spiro atoms. The zero-order valence-electron chi connectivity index (χ0n) is 12.5. The van der Waals surface area contributed by atoms with E-state index in [-0.39, 0.29) is 11.2 Å². The molecule has 0 saturated carbocycles. The molecule has 0 unspecified atom stereocenters. The Labute approximate surface area is 128 Å². The number of carbonyl (C=O) groups is 1. The molecule has 0 N–H and O–H groups in total. The highest BCUT2D eigenvalue weighted by atomic mass is 16.5. The largest absolute Gasteiger partial charge is 0.379 e. The third-order valence-electron chi connectivity index (χ3n) is 4.75. The molecule has 0 amide bonds. The van der Waals surface area contributed by atoms with E-state index in [0.717, 1.165) is 28.9 Å². The number of allylic oxidation sites excluding steroid dienone is 1. The molecule has 5 nitrogen and oxygen atoms in total. The molecule has 1 saturated heterocycles. The molecule has 22 heavy (non-hydrogen) atoms.